The number of imidazole rings is 1. The molecular formula is C10H20N4O2S. The Morgan fingerprint density at radius 3 is 2.71 bits per heavy atom. The van der Waals surface area contributed by atoms with Gasteiger partial charge in [0.15, 0.2) is 0 Å². The number of aryl methyl sites for hydroxylation is 1. The van der Waals surface area contributed by atoms with Crippen molar-refractivity contribution in [1.82, 2.24) is 18.6 Å². The molecule has 0 unspecified atom stereocenters. The van der Waals surface area contributed by atoms with Gasteiger partial charge in [-0.15, -0.1) is 0 Å². The summed E-state index contributed by atoms with van der Waals surface area (Å²) in [7, 11) is -1.77. The van der Waals surface area contributed by atoms with Gasteiger partial charge in [0.1, 0.15) is 0 Å². The van der Waals surface area contributed by atoms with Gasteiger partial charge in [0.2, 0.25) is 0 Å². The van der Waals surface area contributed by atoms with Crippen LogP contribution >= 0.6 is 0 Å². The van der Waals surface area contributed by atoms with Crippen molar-refractivity contribution in [2.75, 3.05) is 13.6 Å². The fraction of sp³-hybridized carbons (Fsp3) is 0.700. The summed E-state index contributed by atoms with van der Waals surface area (Å²) in [6.07, 6.45) is 6.02. The lowest BCUT2D eigenvalue weighted by molar-refractivity contribution is 0.401. The lowest BCUT2D eigenvalue weighted by Gasteiger charge is -2.21. The number of rotatable bonds is 7. The van der Waals surface area contributed by atoms with Crippen LogP contribution in [0.5, 0.6) is 0 Å². The third kappa shape index (κ3) is 4.45. The first-order chi connectivity index (χ1) is 7.93. The molecule has 0 aliphatic rings. The molecule has 0 atom stereocenters. The highest BCUT2D eigenvalue weighted by atomic mass is 32.2. The van der Waals surface area contributed by atoms with Gasteiger partial charge in [0, 0.05) is 38.6 Å². The van der Waals surface area contributed by atoms with E-state index in [-0.39, 0.29) is 6.04 Å². The summed E-state index contributed by atoms with van der Waals surface area (Å²) in [5.41, 5.74) is 0. The molecule has 17 heavy (non-hydrogen) atoms. The third-order valence-electron chi connectivity index (χ3n) is 2.54. The quantitative estimate of drug-likeness (QED) is 0.724. The van der Waals surface area contributed by atoms with Crippen LogP contribution in [0.25, 0.3) is 0 Å². The third-order valence-corrected chi connectivity index (χ3v) is 4.29. The van der Waals surface area contributed by atoms with E-state index in [9.17, 15) is 8.42 Å². The summed E-state index contributed by atoms with van der Waals surface area (Å²) >= 11 is 0. The van der Waals surface area contributed by atoms with Gasteiger partial charge < -0.3 is 4.57 Å². The molecule has 1 N–H and O–H groups in total. The van der Waals surface area contributed by atoms with Crippen LogP contribution in [0.1, 0.15) is 20.3 Å². The van der Waals surface area contributed by atoms with Crippen LogP contribution in [0.15, 0.2) is 18.7 Å². The minimum Gasteiger partial charge on any atom is -0.337 e. The minimum atomic E-state index is -3.34. The second-order valence-electron chi connectivity index (χ2n) is 4.16. The molecule has 0 fully saturated rings. The Morgan fingerprint density at radius 1 is 1.47 bits per heavy atom. The topological polar surface area (TPSA) is 67.2 Å². The average Bonchev–Trinajstić information content (AvgIpc) is 2.76. The molecule has 0 aliphatic heterocycles. The van der Waals surface area contributed by atoms with E-state index in [1.54, 1.807) is 19.6 Å². The molecule has 0 saturated carbocycles. The number of hydrogen-bond donors (Lipinski definition) is 1. The van der Waals surface area contributed by atoms with Crippen molar-refractivity contribution < 1.29 is 8.42 Å². The summed E-state index contributed by atoms with van der Waals surface area (Å²) in [4.78, 5) is 3.92. The van der Waals surface area contributed by atoms with E-state index >= 15 is 0 Å². The lowest BCUT2D eigenvalue weighted by Crippen LogP contribution is -2.42. The Hall–Kier alpha value is -0.920. The van der Waals surface area contributed by atoms with E-state index in [2.05, 4.69) is 9.71 Å². The van der Waals surface area contributed by atoms with Crippen molar-refractivity contribution in [3.8, 4) is 0 Å². The van der Waals surface area contributed by atoms with E-state index < -0.39 is 10.2 Å². The van der Waals surface area contributed by atoms with E-state index in [1.807, 2.05) is 24.6 Å². The van der Waals surface area contributed by atoms with Crippen LogP contribution in [-0.2, 0) is 16.8 Å². The van der Waals surface area contributed by atoms with E-state index in [4.69, 9.17) is 0 Å². The van der Waals surface area contributed by atoms with Gasteiger partial charge in [-0.25, -0.2) is 9.71 Å². The van der Waals surface area contributed by atoms with Crippen molar-refractivity contribution in [2.45, 2.75) is 32.9 Å². The van der Waals surface area contributed by atoms with Crippen molar-refractivity contribution in [3.05, 3.63) is 18.7 Å². The predicted octanol–water partition coefficient (Wildman–Crippen LogP) is 0.448. The first kappa shape index (κ1) is 14.1. The molecular weight excluding hydrogens is 240 g/mol. The maximum absolute atomic E-state index is 11.7. The van der Waals surface area contributed by atoms with Gasteiger partial charge >= 0.3 is 0 Å². The van der Waals surface area contributed by atoms with Crippen molar-refractivity contribution >= 4 is 10.2 Å². The largest absolute Gasteiger partial charge is 0.337 e. The molecule has 6 nitrogen and oxygen atoms in total. The molecule has 1 aromatic heterocycles. The highest BCUT2D eigenvalue weighted by Gasteiger charge is 2.18. The Bertz CT molecular complexity index is 414. The summed E-state index contributed by atoms with van der Waals surface area (Å²) in [5, 5.41) is 0. The maximum atomic E-state index is 11.7. The molecule has 0 radical (unpaired) electrons. The average molecular weight is 260 g/mol. The smallest absolute Gasteiger partial charge is 0.279 e. The van der Waals surface area contributed by atoms with Gasteiger partial charge in [-0.2, -0.15) is 12.7 Å². The van der Waals surface area contributed by atoms with Crippen molar-refractivity contribution in [2.24, 2.45) is 0 Å². The van der Waals surface area contributed by atoms with E-state index in [1.165, 1.54) is 4.31 Å². The predicted molar refractivity (Wildman–Crippen MR) is 66.7 cm³/mol. The zero-order valence-electron chi connectivity index (χ0n) is 10.5. The second-order valence-corrected chi connectivity index (χ2v) is 5.98. The number of nitrogens with zero attached hydrogens (tertiary/aromatic N) is 3. The molecule has 0 aromatic carbocycles. The van der Waals surface area contributed by atoms with Crippen LogP contribution in [-0.4, -0.2) is 41.9 Å². The first-order valence-electron chi connectivity index (χ1n) is 5.62. The number of hydrogen-bond acceptors (Lipinski definition) is 3. The molecule has 0 bridgehead atoms. The summed E-state index contributed by atoms with van der Waals surface area (Å²) < 4.78 is 29.3. The summed E-state index contributed by atoms with van der Waals surface area (Å²) in [6, 6.07) is -0.0406. The van der Waals surface area contributed by atoms with Gasteiger partial charge in [-0.1, -0.05) is 0 Å². The van der Waals surface area contributed by atoms with Crippen molar-refractivity contribution in [3.63, 3.8) is 0 Å². The number of aromatic nitrogens is 2. The van der Waals surface area contributed by atoms with Gasteiger partial charge in [-0.05, 0) is 20.3 Å². The molecule has 7 heteroatoms. The van der Waals surface area contributed by atoms with Crippen LogP contribution in [0, 0.1) is 0 Å². The number of nitrogens with one attached hydrogen (secondary N) is 1. The Kier molecular flexibility index (Phi) is 5.10. The molecule has 0 aliphatic carbocycles. The monoisotopic (exact) mass is 260 g/mol. The first-order valence-corrected chi connectivity index (χ1v) is 7.06. The second kappa shape index (κ2) is 6.13. The van der Waals surface area contributed by atoms with E-state index in [0.717, 1.165) is 13.0 Å². The molecule has 98 valence electrons. The van der Waals surface area contributed by atoms with Gasteiger partial charge in [0.05, 0.1) is 6.33 Å². The fourth-order valence-electron chi connectivity index (χ4n) is 1.26. The zero-order chi connectivity index (χ0) is 12.9. The molecule has 1 heterocycles. The lowest BCUT2D eigenvalue weighted by atomic mass is 10.4. The zero-order valence-corrected chi connectivity index (χ0v) is 11.3. The standard InChI is InChI=1S/C10H20N4O2S/c1-10(2)13(3)17(15,16)12-5-4-7-14-8-6-11-9-14/h6,8-10,12H,4-5,7H2,1-3H3. The molecule has 1 aromatic rings. The van der Waals surface area contributed by atoms with Crippen LogP contribution in [0.2, 0.25) is 0 Å². The highest BCUT2D eigenvalue weighted by Crippen LogP contribution is 2.00. The summed E-state index contributed by atoms with van der Waals surface area (Å²) in [6.45, 7) is 4.86. The Labute approximate surface area is 103 Å². The van der Waals surface area contributed by atoms with Crippen LogP contribution in [0.4, 0.5) is 0 Å². The van der Waals surface area contributed by atoms with Crippen molar-refractivity contribution in [1.29, 1.82) is 0 Å². The molecule has 0 spiro atoms. The maximum Gasteiger partial charge on any atom is 0.279 e. The molecule has 1 rings (SSSR count). The molecule has 0 amide bonds. The fourth-order valence-corrected chi connectivity index (χ4v) is 2.42. The molecule has 0 saturated heterocycles. The van der Waals surface area contributed by atoms with Crippen LogP contribution < -0.4 is 4.72 Å². The summed E-state index contributed by atoms with van der Waals surface area (Å²) in [5.74, 6) is 0. The van der Waals surface area contributed by atoms with Gasteiger partial charge in [0.25, 0.3) is 10.2 Å². The van der Waals surface area contributed by atoms with Gasteiger partial charge in [-0.3, -0.25) is 0 Å². The minimum absolute atomic E-state index is 0.0406. The Balaban J connectivity index is 2.31. The van der Waals surface area contributed by atoms with Crippen LogP contribution in [0.3, 0.4) is 0 Å². The van der Waals surface area contributed by atoms with E-state index in [0.29, 0.717) is 6.54 Å². The highest BCUT2D eigenvalue weighted by molar-refractivity contribution is 7.87. The normalized spacial score (nSPS) is 12.5. The Morgan fingerprint density at radius 2 is 2.18 bits per heavy atom. The SMILES string of the molecule is CC(C)N(C)S(=O)(=O)NCCCn1ccnc1.